The SMILES string of the molecule is CCC(C#N)N1CCN(Cc2cc(Br)ccc2F)CC1. The molecule has 0 radical (unpaired) electrons. The number of hydrogen-bond acceptors (Lipinski definition) is 3. The van der Waals surface area contributed by atoms with Gasteiger partial charge in [-0.15, -0.1) is 0 Å². The second-order valence-corrected chi connectivity index (χ2v) is 6.02. The summed E-state index contributed by atoms with van der Waals surface area (Å²) >= 11 is 3.38. The van der Waals surface area contributed by atoms with Gasteiger partial charge in [-0.05, 0) is 24.6 Å². The van der Waals surface area contributed by atoms with Gasteiger partial charge in [0.25, 0.3) is 0 Å². The monoisotopic (exact) mass is 339 g/mol. The number of nitrogens with zero attached hydrogens (tertiary/aromatic N) is 3. The van der Waals surface area contributed by atoms with E-state index in [0.717, 1.165) is 42.6 Å². The number of halogens is 2. The van der Waals surface area contributed by atoms with E-state index in [4.69, 9.17) is 5.26 Å². The van der Waals surface area contributed by atoms with Gasteiger partial charge >= 0.3 is 0 Å². The third kappa shape index (κ3) is 3.78. The van der Waals surface area contributed by atoms with Gasteiger partial charge in [0, 0.05) is 42.8 Å². The fourth-order valence-corrected chi connectivity index (χ4v) is 2.98. The Bertz CT molecular complexity index is 492. The molecule has 1 atom stereocenters. The summed E-state index contributed by atoms with van der Waals surface area (Å²) in [6.07, 6.45) is 0.858. The molecule has 0 aromatic heterocycles. The van der Waals surface area contributed by atoms with Crippen LogP contribution in [-0.4, -0.2) is 42.0 Å². The van der Waals surface area contributed by atoms with Crippen molar-refractivity contribution in [3.05, 3.63) is 34.1 Å². The van der Waals surface area contributed by atoms with Crippen LogP contribution >= 0.6 is 15.9 Å². The fraction of sp³-hybridized carbons (Fsp3) is 0.533. The van der Waals surface area contributed by atoms with E-state index in [2.05, 4.69) is 31.8 Å². The van der Waals surface area contributed by atoms with Crippen LogP contribution in [0.2, 0.25) is 0 Å². The first-order chi connectivity index (χ1) is 9.63. The lowest BCUT2D eigenvalue weighted by molar-refractivity contribution is 0.107. The topological polar surface area (TPSA) is 30.3 Å². The number of benzene rings is 1. The van der Waals surface area contributed by atoms with E-state index in [1.807, 2.05) is 13.0 Å². The van der Waals surface area contributed by atoms with Gasteiger partial charge in [-0.25, -0.2) is 4.39 Å². The quantitative estimate of drug-likeness (QED) is 0.844. The Morgan fingerprint density at radius 1 is 1.35 bits per heavy atom. The number of piperazine rings is 1. The lowest BCUT2D eigenvalue weighted by Gasteiger charge is -2.36. The molecule has 0 spiro atoms. The molecule has 108 valence electrons. The van der Waals surface area contributed by atoms with Crippen LogP contribution in [0.15, 0.2) is 22.7 Å². The summed E-state index contributed by atoms with van der Waals surface area (Å²) in [5.74, 6) is -0.154. The van der Waals surface area contributed by atoms with E-state index in [-0.39, 0.29) is 11.9 Å². The molecular formula is C15H19BrFN3. The Morgan fingerprint density at radius 3 is 2.65 bits per heavy atom. The highest BCUT2D eigenvalue weighted by atomic mass is 79.9. The largest absolute Gasteiger partial charge is 0.296 e. The van der Waals surface area contributed by atoms with Crippen LogP contribution in [0, 0.1) is 17.1 Å². The van der Waals surface area contributed by atoms with Crippen LogP contribution < -0.4 is 0 Å². The Morgan fingerprint density at radius 2 is 2.05 bits per heavy atom. The molecule has 0 bridgehead atoms. The standard InChI is InChI=1S/C15H19BrFN3/c1-2-14(10-18)20-7-5-19(6-8-20)11-12-9-13(16)3-4-15(12)17/h3-4,9,14H,2,5-8,11H2,1H3. The van der Waals surface area contributed by atoms with Crippen LogP contribution in [0.4, 0.5) is 4.39 Å². The van der Waals surface area contributed by atoms with Crippen molar-refractivity contribution < 1.29 is 4.39 Å². The average Bonchev–Trinajstić information content (AvgIpc) is 2.46. The van der Waals surface area contributed by atoms with Gasteiger partial charge < -0.3 is 0 Å². The Hall–Kier alpha value is -0.960. The van der Waals surface area contributed by atoms with E-state index in [0.29, 0.717) is 6.54 Å². The van der Waals surface area contributed by atoms with Gasteiger partial charge in [0.15, 0.2) is 0 Å². The van der Waals surface area contributed by atoms with E-state index < -0.39 is 0 Å². The van der Waals surface area contributed by atoms with Gasteiger partial charge in [0.2, 0.25) is 0 Å². The maximum atomic E-state index is 13.7. The summed E-state index contributed by atoms with van der Waals surface area (Å²) in [5.41, 5.74) is 0.722. The molecule has 1 unspecified atom stereocenters. The van der Waals surface area contributed by atoms with Crippen molar-refractivity contribution in [3.8, 4) is 6.07 Å². The van der Waals surface area contributed by atoms with E-state index >= 15 is 0 Å². The van der Waals surface area contributed by atoms with Gasteiger partial charge in [-0.3, -0.25) is 9.80 Å². The Labute approximate surface area is 128 Å². The molecule has 1 aromatic carbocycles. The molecule has 0 aliphatic carbocycles. The molecule has 2 rings (SSSR count). The zero-order chi connectivity index (χ0) is 14.5. The van der Waals surface area contributed by atoms with Crippen LogP contribution in [0.25, 0.3) is 0 Å². The molecule has 0 N–H and O–H groups in total. The van der Waals surface area contributed by atoms with Crippen molar-refractivity contribution >= 4 is 15.9 Å². The van der Waals surface area contributed by atoms with Crippen molar-refractivity contribution in [3.63, 3.8) is 0 Å². The molecule has 0 amide bonds. The lowest BCUT2D eigenvalue weighted by Crippen LogP contribution is -2.49. The number of hydrogen-bond donors (Lipinski definition) is 0. The minimum Gasteiger partial charge on any atom is -0.296 e. The molecule has 1 fully saturated rings. The first-order valence-corrected chi connectivity index (χ1v) is 7.73. The van der Waals surface area contributed by atoms with Gasteiger partial charge in [0.1, 0.15) is 5.82 Å². The molecule has 1 saturated heterocycles. The summed E-state index contributed by atoms with van der Waals surface area (Å²) in [6.45, 7) is 6.18. The smallest absolute Gasteiger partial charge is 0.127 e. The minimum absolute atomic E-state index is 0.0137. The van der Waals surface area contributed by atoms with Crippen LogP contribution in [0.5, 0.6) is 0 Å². The highest BCUT2D eigenvalue weighted by Gasteiger charge is 2.22. The van der Waals surface area contributed by atoms with Gasteiger partial charge in [-0.2, -0.15) is 5.26 Å². The third-order valence-electron chi connectivity index (χ3n) is 3.79. The van der Waals surface area contributed by atoms with E-state index in [1.165, 1.54) is 6.07 Å². The number of rotatable bonds is 4. The van der Waals surface area contributed by atoms with E-state index in [1.54, 1.807) is 6.07 Å². The van der Waals surface area contributed by atoms with Crippen molar-refractivity contribution in [1.82, 2.24) is 9.80 Å². The van der Waals surface area contributed by atoms with Crippen LogP contribution in [-0.2, 0) is 6.54 Å². The minimum atomic E-state index is -0.154. The van der Waals surface area contributed by atoms with Gasteiger partial charge in [-0.1, -0.05) is 22.9 Å². The van der Waals surface area contributed by atoms with Crippen LogP contribution in [0.1, 0.15) is 18.9 Å². The molecule has 1 aliphatic heterocycles. The summed E-state index contributed by atoms with van der Waals surface area (Å²) in [4.78, 5) is 4.46. The normalized spacial score (nSPS) is 18.7. The predicted octanol–water partition coefficient (Wildman–Crippen LogP) is 3.01. The molecule has 0 saturated carbocycles. The second-order valence-electron chi connectivity index (χ2n) is 5.10. The fourth-order valence-electron chi connectivity index (χ4n) is 2.57. The molecule has 1 aliphatic rings. The summed E-state index contributed by atoms with van der Waals surface area (Å²) in [7, 11) is 0. The highest BCUT2D eigenvalue weighted by Crippen LogP contribution is 2.18. The first kappa shape index (κ1) is 15.4. The summed E-state index contributed by atoms with van der Waals surface area (Å²) < 4.78 is 14.6. The van der Waals surface area contributed by atoms with Gasteiger partial charge in [0.05, 0.1) is 12.1 Å². The molecule has 5 heteroatoms. The molecular weight excluding hydrogens is 321 g/mol. The van der Waals surface area contributed by atoms with Crippen molar-refractivity contribution in [2.24, 2.45) is 0 Å². The van der Waals surface area contributed by atoms with Crippen molar-refractivity contribution in [2.75, 3.05) is 26.2 Å². The first-order valence-electron chi connectivity index (χ1n) is 6.94. The molecule has 1 heterocycles. The van der Waals surface area contributed by atoms with Crippen LogP contribution in [0.3, 0.4) is 0 Å². The predicted molar refractivity (Wildman–Crippen MR) is 80.6 cm³/mol. The molecule has 20 heavy (non-hydrogen) atoms. The maximum Gasteiger partial charge on any atom is 0.127 e. The Balaban J connectivity index is 1.92. The third-order valence-corrected chi connectivity index (χ3v) is 4.28. The number of nitriles is 1. The highest BCUT2D eigenvalue weighted by molar-refractivity contribution is 9.10. The zero-order valence-corrected chi connectivity index (χ0v) is 13.2. The maximum absolute atomic E-state index is 13.7. The van der Waals surface area contributed by atoms with Crippen molar-refractivity contribution in [2.45, 2.75) is 25.9 Å². The van der Waals surface area contributed by atoms with E-state index in [9.17, 15) is 4.39 Å². The zero-order valence-electron chi connectivity index (χ0n) is 11.6. The molecule has 1 aromatic rings. The summed E-state index contributed by atoms with van der Waals surface area (Å²) in [6, 6.07) is 7.41. The second kappa shape index (κ2) is 7.16. The average molecular weight is 340 g/mol. The summed E-state index contributed by atoms with van der Waals surface area (Å²) in [5, 5.41) is 9.09. The Kier molecular flexibility index (Phi) is 5.53. The lowest BCUT2D eigenvalue weighted by atomic mass is 10.1. The van der Waals surface area contributed by atoms with Crippen molar-refractivity contribution in [1.29, 1.82) is 5.26 Å². The molecule has 3 nitrogen and oxygen atoms in total.